The highest BCUT2D eigenvalue weighted by molar-refractivity contribution is 5.76. The van der Waals surface area contributed by atoms with Crippen molar-refractivity contribution in [1.82, 2.24) is 14.8 Å². The minimum Gasteiger partial charge on any atom is -0.370 e. The molecule has 1 fully saturated rings. The molecule has 0 atom stereocenters. The van der Waals surface area contributed by atoms with Crippen LogP contribution in [-0.4, -0.2) is 66.4 Å². The number of rotatable bonds is 7. The van der Waals surface area contributed by atoms with E-state index in [0.29, 0.717) is 25.9 Å². The second-order valence-electron chi connectivity index (χ2n) is 6.18. The van der Waals surface area contributed by atoms with Gasteiger partial charge in [-0.2, -0.15) is 0 Å². The Labute approximate surface area is 143 Å². The van der Waals surface area contributed by atoms with Gasteiger partial charge in [0.05, 0.1) is 17.6 Å². The average molecular weight is 333 g/mol. The zero-order valence-corrected chi connectivity index (χ0v) is 14.6. The maximum absolute atomic E-state index is 11.7. The standard InChI is InChI=1S/C17H27N5O2/c1-3-17(24)22-10-8-21(9-11-22)15-5-4-14(19-12-15)13-20(2)7-6-16(18)23/h4-5,12H,3,6-11,13H2,1-2H3,(H2,18,23). The lowest BCUT2D eigenvalue weighted by Gasteiger charge is -2.36. The number of piperazine rings is 1. The molecule has 1 aromatic heterocycles. The number of nitrogens with zero attached hydrogens (tertiary/aromatic N) is 4. The zero-order valence-electron chi connectivity index (χ0n) is 14.6. The lowest BCUT2D eigenvalue weighted by atomic mass is 10.2. The van der Waals surface area contributed by atoms with Crippen molar-refractivity contribution in [3.8, 4) is 0 Å². The fraction of sp³-hybridized carbons (Fsp3) is 0.588. The SMILES string of the molecule is CCC(=O)N1CCN(c2ccc(CN(C)CCC(N)=O)nc2)CC1. The van der Waals surface area contributed by atoms with Crippen LogP contribution in [0.15, 0.2) is 18.3 Å². The van der Waals surface area contributed by atoms with Gasteiger partial charge >= 0.3 is 0 Å². The molecule has 2 heterocycles. The van der Waals surface area contributed by atoms with Crippen LogP contribution >= 0.6 is 0 Å². The van der Waals surface area contributed by atoms with Crippen LogP contribution in [0.1, 0.15) is 25.5 Å². The predicted molar refractivity (Wildman–Crippen MR) is 93.5 cm³/mol. The van der Waals surface area contributed by atoms with Gasteiger partial charge in [-0.3, -0.25) is 14.6 Å². The maximum atomic E-state index is 11.7. The van der Waals surface area contributed by atoms with Gasteiger partial charge in [-0.15, -0.1) is 0 Å². The Kier molecular flexibility index (Phi) is 6.54. The Bertz CT molecular complexity index is 553. The van der Waals surface area contributed by atoms with Crippen LogP contribution in [-0.2, 0) is 16.1 Å². The zero-order chi connectivity index (χ0) is 17.5. The van der Waals surface area contributed by atoms with Gasteiger partial charge in [-0.25, -0.2) is 0 Å². The quantitative estimate of drug-likeness (QED) is 0.783. The number of hydrogen-bond donors (Lipinski definition) is 1. The Balaban J connectivity index is 1.84. The average Bonchev–Trinajstić information content (AvgIpc) is 2.60. The van der Waals surface area contributed by atoms with E-state index in [-0.39, 0.29) is 11.8 Å². The molecule has 0 spiro atoms. The van der Waals surface area contributed by atoms with E-state index in [1.54, 1.807) is 0 Å². The minimum atomic E-state index is -0.286. The van der Waals surface area contributed by atoms with E-state index in [2.05, 4.69) is 16.0 Å². The van der Waals surface area contributed by atoms with Crippen molar-refractivity contribution in [3.05, 3.63) is 24.0 Å². The molecule has 1 aliphatic rings. The van der Waals surface area contributed by atoms with Crippen LogP contribution in [0.2, 0.25) is 0 Å². The topological polar surface area (TPSA) is 82.8 Å². The number of aromatic nitrogens is 1. The van der Waals surface area contributed by atoms with Gasteiger partial charge in [-0.1, -0.05) is 6.92 Å². The molecule has 1 aliphatic heterocycles. The fourth-order valence-electron chi connectivity index (χ4n) is 2.79. The summed E-state index contributed by atoms with van der Waals surface area (Å²) < 4.78 is 0. The minimum absolute atomic E-state index is 0.224. The van der Waals surface area contributed by atoms with E-state index in [9.17, 15) is 9.59 Å². The largest absolute Gasteiger partial charge is 0.370 e. The third-order valence-corrected chi connectivity index (χ3v) is 4.28. The third-order valence-electron chi connectivity index (χ3n) is 4.28. The van der Waals surface area contributed by atoms with Crippen molar-refractivity contribution in [3.63, 3.8) is 0 Å². The first-order chi connectivity index (χ1) is 11.5. The lowest BCUT2D eigenvalue weighted by molar-refractivity contribution is -0.131. The number of hydrogen-bond acceptors (Lipinski definition) is 5. The number of nitrogens with two attached hydrogens (primary N) is 1. The first-order valence-electron chi connectivity index (χ1n) is 8.44. The summed E-state index contributed by atoms with van der Waals surface area (Å²) in [7, 11) is 1.95. The highest BCUT2D eigenvalue weighted by Crippen LogP contribution is 2.16. The molecular weight excluding hydrogens is 306 g/mol. The molecule has 24 heavy (non-hydrogen) atoms. The number of carbonyl (C=O) groups is 2. The molecule has 2 rings (SSSR count). The van der Waals surface area contributed by atoms with E-state index < -0.39 is 0 Å². The van der Waals surface area contributed by atoms with Crippen molar-refractivity contribution in [2.75, 3.05) is 44.7 Å². The van der Waals surface area contributed by atoms with Crippen molar-refractivity contribution in [2.45, 2.75) is 26.3 Å². The normalized spacial score (nSPS) is 15.0. The number of anilines is 1. The summed E-state index contributed by atoms with van der Waals surface area (Å²) in [4.78, 5) is 33.2. The van der Waals surface area contributed by atoms with Gasteiger partial charge in [0.1, 0.15) is 0 Å². The predicted octanol–water partition coefficient (Wildman–Crippen LogP) is 0.447. The van der Waals surface area contributed by atoms with Gasteiger partial charge in [0.25, 0.3) is 0 Å². The van der Waals surface area contributed by atoms with E-state index in [1.165, 1.54) is 0 Å². The van der Waals surface area contributed by atoms with Gasteiger partial charge in [0.15, 0.2) is 0 Å². The van der Waals surface area contributed by atoms with Crippen molar-refractivity contribution < 1.29 is 9.59 Å². The Morgan fingerprint density at radius 1 is 1.25 bits per heavy atom. The van der Waals surface area contributed by atoms with Gasteiger partial charge in [0.2, 0.25) is 11.8 Å². The molecule has 2 N–H and O–H groups in total. The van der Waals surface area contributed by atoms with Crippen LogP contribution < -0.4 is 10.6 Å². The summed E-state index contributed by atoms with van der Waals surface area (Å²) >= 11 is 0. The second-order valence-corrected chi connectivity index (χ2v) is 6.18. The molecule has 1 aromatic rings. The van der Waals surface area contributed by atoms with Gasteiger partial charge in [0, 0.05) is 52.1 Å². The molecular formula is C17H27N5O2. The number of amides is 2. The molecule has 0 aliphatic carbocycles. The van der Waals surface area contributed by atoms with Gasteiger partial charge in [-0.05, 0) is 19.2 Å². The molecule has 132 valence electrons. The van der Waals surface area contributed by atoms with Crippen LogP contribution in [0.25, 0.3) is 0 Å². The van der Waals surface area contributed by atoms with Crippen LogP contribution in [0.3, 0.4) is 0 Å². The summed E-state index contributed by atoms with van der Waals surface area (Å²) in [5.74, 6) is -0.0621. The van der Waals surface area contributed by atoms with Gasteiger partial charge < -0.3 is 20.4 Å². The van der Waals surface area contributed by atoms with Crippen molar-refractivity contribution in [2.24, 2.45) is 5.73 Å². The number of pyridine rings is 1. The highest BCUT2D eigenvalue weighted by atomic mass is 16.2. The van der Waals surface area contributed by atoms with E-state index in [4.69, 9.17) is 5.73 Å². The highest BCUT2D eigenvalue weighted by Gasteiger charge is 2.20. The molecule has 7 heteroatoms. The summed E-state index contributed by atoms with van der Waals surface area (Å²) in [5.41, 5.74) is 7.21. The summed E-state index contributed by atoms with van der Waals surface area (Å²) in [5, 5.41) is 0. The van der Waals surface area contributed by atoms with E-state index in [1.807, 2.05) is 36.0 Å². The Morgan fingerprint density at radius 2 is 1.96 bits per heavy atom. The van der Waals surface area contributed by atoms with Crippen LogP contribution in [0.5, 0.6) is 0 Å². The molecule has 0 bridgehead atoms. The summed E-state index contributed by atoms with van der Waals surface area (Å²) in [6.45, 7) is 6.43. The second kappa shape index (κ2) is 8.63. The number of primary amides is 1. The number of carbonyl (C=O) groups excluding carboxylic acids is 2. The van der Waals surface area contributed by atoms with E-state index >= 15 is 0 Å². The summed E-state index contributed by atoms with van der Waals surface area (Å²) in [6, 6.07) is 4.08. The Hall–Kier alpha value is -2.15. The van der Waals surface area contributed by atoms with E-state index in [0.717, 1.165) is 37.6 Å². The smallest absolute Gasteiger partial charge is 0.222 e. The molecule has 0 aromatic carbocycles. The fourth-order valence-corrected chi connectivity index (χ4v) is 2.79. The van der Waals surface area contributed by atoms with Crippen LogP contribution in [0, 0.1) is 0 Å². The molecule has 0 unspecified atom stereocenters. The summed E-state index contributed by atoms with van der Waals surface area (Å²) in [6.07, 6.45) is 2.81. The monoisotopic (exact) mass is 333 g/mol. The van der Waals surface area contributed by atoms with Crippen LogP contribution in [0.4, 0.5) is 5.69 Å². The lowest BCUT2D eigenvalue weighted by Crippen LogP contribution is -2.48. The molecule has 0 saturated carbocycles. The maximum Gasteiger partial charge on any atom is 0.222 e. The first-order valence-corrected chi connectivity index (χ1v) is 8.44. The van der Waals surface area contributed by atoms with Crippen molar-refractivity contribution >= 4 is 17.5 Å². The molecule has 7 nitrogen and oxygen atoms in total. The molecule has 2 amide bonds. The molecule has 0 radical (unpaired) electrons. The molecule has 1 saturated heterocycles. The third kappa shape index (κ3) is 5.19. The Morgan fingerprint density at radius 3 is 2.50 bits per heavy atom. The van der Waals surface area contributed by atoms with Crippen molar-refractivity contribution in [1.29, 1.82) is 0 Å². The first kappa shape index (κ1) is 18.2.